The minimum absolute atomic E-state index is 0.00785. The molecule has 2 atom stereocenters. The highest BCUT2D eigenvalue weighted by atomic mass is 16.6. The summed E-state index contributed by atoms with van der Waals surface area (Å²) < 4.78 is 15.3. The smallest absolute Gasteiger partial charge is 0.420 e. The second-order valence-electron chi connectivity index (χ2n) is 8.02. The van der Waals surface area contributed by atoms with E-state index in [0.717, 1.165) is 4.90 Å². The van der Waals surface area contributed by atoms with Gasteiger partial charge in [-0.15, -0.1) is 0 Å². The molecule has 0 bridgehead atoms. The fraction of sp³-hybridized carbons (Fsp3) is 0.765. The third kappa shape index (κ3) is 7.17. The zero-order valence-corrected chi connectivity index (χ0v) is 16.1. The Morgan fingerprint density at radius 2 is 1.85 bits per heavy atom. The fourth-order valence-electron chi connectivity index (χ4n) is 2.27. The molecule has 0 aromatic carbocycles. The first-order valence-electron chi connectivity index (χ1n) is 8.38. The maximum atomic E-state index is 12.3. The lowest BCUT2D eigenvalue weighted by Crippen LogP contribution is -2.47. The van der Waals surface area contributed by atoms with Crippen LogP contribution in [0.2, 0.25) is 0 Å². The SMILES string of the molecule is CC(C)(C)OC(=O)N[C@H](CC#N)C[C@H]1COC(=O)N1C(=O)OC(C)(C)C. The van der Waals surface area contributed by atoms with Crippen LogP contribution in [0.5, 0.6) is 0 Å². The van der Waals surface area contributed by atoms with E-state index in [9.17, 15) is 14.4 Å². The van der Waals surface area contributed by atoms with Crippen molar-refractivity contribution in [2.75, 3.05) is 6.61 Å². The van der Waals surface area contributed by atoms with Crippen LogP contribution in [0.1, 0.15) is 54.4 Å². The van der Waals surface area contributed by atoms with Crippen LogP contribution >= 0.6 is 0 Å². The van der Waals surface area contributed by atoms with Gasteiger partial charge in [0.1, 0.15) is 17.8 Å². The molecular formula is C17H27N3O6. The molecular weight excluding hydrogens is 342 g/mol. The highest BCUT2D eigenvalue weighted by Gasteiger charge is 2.41. The molecule has 0 aromatic heterocycles. The summed E-state index contributed by atoms with van der Waals surface area (Å²) >= 11 is 0. The van der Waals surface area contributed by atoms with E-state index in [0.29, 0.717) is 0 Å². The molecule has 0 saturated carbocycles. The molecule has 1 fully saturated rings. The number of nitrogens with zero attached hydrogens (tertiary/aromatic N) is 2. The van der Waals surface area contributed by atoms with Crippen molar-refractivity contribution in [1.82, 2.24) is 10.2 Å². The van der Waals surface area contributed by atoms with Gasteiger partial charge in [0.15, 0.2) is 0 Å². The second kappa shape index (κ2) is 8.25. The molecule has 9 nitrogen and oxygen atoms in total. The number of nitriles is 1. The molecule has 0 unspecified atom stereocenters. The minimum atomic E-state index is -0.821. The van der Waals surface area contributed by atoms with Gasteiger partial charge in [-0.05, 0) is 48.0 Å². The van der Waals surface area contributed by atoms with Gasteiger partial charge in [0, 0.05) is 6.04 Å². The van der Waals surface area contributed by atoms with Crippen LogP contribution in [0.4, 0.5) is 14.4 Å². The number of hydrogen-bond acceptors (Lipinski definition) is 7. The van der Waals surface area contributed by atoms with Gasteiger partial charge in [-0.25, -0.2) is 19.3 Å². The molecule has 146 valence electrons. The van der Waals surface area contributed by atoms with Crippen LogP contribution in [-0.4, -0.2) is 53.1 Å². The van der Waals surface area contributed by atoms with Gasteiger partial charge >= 0.3 is 18.3 Å². The van der Waals surface area contributed by atoms with E-state index in [1.807, 2.05) is 6.07 Å². The fourth-order valence-corrected chi connectivity index (χ4v) is 2.27. The largest absolute Gasteiger partial charge is 0.447 e. The predicted octanol–water partition coefficient (Wildman–Crippen LogP) is 2.94. The van der Waals surface area contributed by atoms with E-state index in [4.69, 9.17) is 19.5 Å². The first-order valence-corrected chi connectivity index (χ1v) is 8.38. The first kappa shape index (κ1) is 21.5. The zero-order valence-electron chi connectivity index (χ0n) is 16.1. The van der Waals surface area contributed by atoms with Crippen molar-refractivity contribution >= 4 is 18.3 Å². The molecule has 1 saturated heterocycles. The van der Waals surface area contributed by atoms with Gasteiger partial charge in [0.05, 0.1) is 18.5 Å². The van der Waals surface area contributed by atoms with Gasteiger partial charge in [0.2, 0.25) is 0 Å². The van der Waals surface area contributed by atoms with Gasteiger partial charge in [-0.2, -0.15) is 5.26 Å². The number of nitrogens with one attached hydrogen (secondary N) is 1. The Balaban J connectivity index is 2.79. The van der Waals surface area contributed by atoms with Crippen molar-refractivity contribution in [3.8, 4) is 6.07 Å². The van der Waals surface area contributed by atoms with Crippen molar-refractivity contribution < 1.29 is 28.6 Å². The van der Waals surface area contributed by atoms with Crippen LogP contribution in [-0.2, 0) is 14.2 Å². The van der Waals surface area contributed by atoms with Crippen molar-refractivity contribution in [3.05, 3.63) is 0 Å². The summed E-state index contributed by atoms with van der Waals surface area (Å²) in [5.41, 5.74) is -1.46. The monoisotopic (exact) mass is 369 g/mol. The number of alkyl carbamates (subject to hydrolysis) is 1. The minimum Gasteiger partial charge on any atom is -0.447 e. The average molecular weight is 369 g/mol. The number of carbonyl (C=O) groups excluding carboxylic acids is 3. The van der Waals surface area contributed by atoms with Crippen LogP contribution in [0.25, 0.3) is 0 Å². The van der Waals surface area contributed by atoms with E-state index in [1.165, 1.54) is 0 Å². The molecule has 0 aliphatic carbocycles. The summed E-state index contributed by atoms with van der Waals surface area (Å²) in [5.74, 6) is 0. The highest BCUT2D eigenvalue weighted by molar-refractivity contribution is 5.89. The lowest BCUT2D eigenvalue weighted by atomic mass is 10.0. The number of hydrogen-bond donors (Lipinski definition) is 1. The molecule has 1 heterocycles. The van der Waals surface area contributed by atoms with Crippen LogP contribution in [0.3, 0.4) is 0 Å². The van der Waals surface area contributed by atoms with Gasteiger partial charge in [-0.1, -0.05) is 0 Å². The lowest BCUT2D eigenvalue weighted by Gasteiger charge is -2.27. The molecule has 1 aliphatic rings. The number of ether oxygens (including phenoxy) is 3. The number of amides is 3. The van der Waals surface area contributed by atoms with Crippen molar-refractivity contribution in [2.45, 2.75) is 77.7 Å². The van der Waals surface area contributed by atoms with Gasteiger partial charge < -0.3 is 19.5 Å². The zero-order chi connectivity index (χ0) is 20.1. The summed E-state index contributed by atoms with van der Waals surface area (Å²) in [4.78, 5) is 37.0. The van der Waals surface area contributed by atoms with Crippen molar-refractivity contribution in [3.63, 3.8) is 0 Å². The predicted molar refractivity (Wildman–Crippen MR) is 91.2 cm³/mol. The molecule has 26 heavy (non-hydrogen) atoms. The highest BCUT2D eigenvalue weighted by Crippen LogP contribution is 2.22. The van der Waals surface area contributed by atoms with Gasteiger partial charge in [-0.3, -0.25) is 0 Å². The number of imide groups is 1. The third-order valence-corrected chi connectivity index (χ3v) is 3.17. The summed E-state index contributed by atoms with van der Waals surface area (Å²) in [7, 11) is 0. The molecule has 0 spiro atoms. The van der Waals surface area contributed by atoms with Gasteiger partial charge in [0.25, 0.3) is 0 Å². The Bertz CT molecular complexity index is 585. The van der Waals surface area contributed by atoms with Crippen LogP contribution in [0.15, 0.2) is 0 Å². The molecule has 3 amide bonds. The van der Waals surface area contributed by atoms with Crippen LogP contribution in [0, 0.1) is 11.3 Å². The van der Waals surface area contributed by atoms with E-state index < -0.39 is 41.6 Å². The number of cyclic esters (lactones) is 1. The number of rotatable bonds is 4. The Hall–Kier alpha value is -2.50. The van der Waals surface area contributed by atoms with Crippen LogP contribution < -0.4 is 5.32 Å². The Morgan fingerprint density at radius 1 is 1.27 bits per heavy atom. The van der Waals surface area contributed by atoms with E-state index in [2.05, 4.69) is 5.32 Å². The summed E-state index contributed by atoms with van der Waals surface area (Å²) in [6, 6.07) is 0.713. The molecule has 9 heteroatoms. The Morgan fingerprint density at radius 3 is 2.35 bits per heavy atom. The molecule has 0 aromatic rings. The summed E-state index contributed by atoms with van der Waals surface area (Å²) in [6.45, 7) is 10.2. The topological polar surface area (TPSA) is 118 Å². The Kier molecular flexibility index (Phi) is 6.84. The maximum absolute atomic E-state index is 12.3. The maximum Gasteiger partial charge on any atom is 0.420 e. The Labute approximate surface area is 153 Å². The van der Waals surface area contributed by atoms with E-state index in [-0.39, 0.29) is 19.4 Å². The van der Waals surface area contributed by atoms with Crippen molar-refractivity contribution in [1.29, 1.82) is 5.26 Å². The molecule has 1 rings (SSSR count). The number of carbonyl (C=O) groups is 3. The molecule has 0 radical (unpaired) electrons. The molecule has 1 aliphatic heterocycles. The summed E-state index contributed by atoms with van der Waals surface area (Å²) in [6.07, 6.45) is -2.16. The average Bonchev–Trinajstić information content (AvgIpc) is 2.75. The second-order valence-corrected chi connectivity index (χ2v) is 8.02. The normalized spacial score (nSPS) is 18.6. The van der Waals surface area contributed by atoms with E-state index in [1.54, 1.807) is 41.5 Å². The summed E-state index contributed by atoms with van der Waals surface area (Å²) in [5, 5.41) is 11.6. The standard InChI is InChI=1S/C17H27N3O6/c1-16(2,3)25-13(21)19-11(7-8-18)9-12-10-24-14(22)20(12)15(23)26-17(4,5)6/h11-12H,7,9-10H2,1-6H3,(H,19,21)/t11-,12+/m1/s1. The quantitative estimate of drug-likeness (QED) is 0.757. The molecule has 1 N–H and O–H groups in total. The lowest BCUT2D eigenvalue weighted by molar-refractivity contribution is 0.0281. The van der Waals surface area contributed by atoms with Crippen molar-refractivity contribution in [2.24, 2.45) is 0 Å². The first-order chi connectivity index (χ1) is 11.8. The van der Waals surface area contributed by atoms with E-state index >= 15 is 0 Å². The third-order valence-electron chi connectivity index (χ3n) is 3.17.